The number of fused-ring (bicyclic) bond motifs is 1. The maximum Gasteiger partial charge on any atom is 0.0504 e. The summed E-state index contributed by atoms with van der Waals surface area (Å²) < 4.78 is 2.27. The van der Waals surface area contributed by atoms with Crippen LogP contribution in [0.4, 0.5) is 0 Å². The first-order valence-corrected chi connectivity index (χ1v) is 9.79. The fourth-order valence-electron chi connectivity index (χ4n) is 4.23. The minimum Gasteiger partial charge on any atom is -0.350 e. The van der Waals surface area contributed by atoms with Gasteiger partial charge in [0.1, 0.15) is 0 Å². The highest BCUT2D eigenvalue weighted by Crippen LogP contribution is 2.54. The molecule has 4 rings (SSSR count). The number of para-hydroxylation sites is 1. The Morgan fingerprint density at radius 3 is 2.54 bits per heavy atom. The van der Waals surface area contributed by atoms with Gasteiger partial charge in [-0.05, 0) is 54.5 Å². The molecule has 0 radical (unpaired) electrons. The fourth-order valence-corrected chi connectivity index (χ4v) is 4.23. The first-order chi connectivity index (χ1) is 12.8. The standard InChI is InChI=1S/C25H27N/c1-3-4-5-11-18-25(21-16-17-21,20-12-7-6-8-13-20)23-19-26(2)24-15-10-9-14-22(23)24/h5-10,12-15,18-19,21H,3-4,16-17H2,1-2H3. The lowest BCUT2D eigenvalue weighted by Gasteiger charge is -2.31. The molecular weight excluding hydrogens is 314 g/mol. The second-order valence-electron chi connectivity index (χ2n) is 7.48. The number of allylic oxidation sites excluding steroid dienone is 1. The van der Waals surface area contributed by atoms with Crippen LogP contribution < -0.4 is 0 Å². The maximum atomic E-state index is 3.56. The van der Waals surface area contributed by atoms with Crippen molar-refractivity contribution in [2.45, 2.75) is 38.0 Å². The van der Waals surface area contributed by atoms with Gasteiger partial charge in [-0.15, -0.1) is 5.73 Å². The fraction of sp³-hybridized carbons (Fsp3) is 0.320. The summed E-state index contributed by atoms with van der Waals surface area (Å²) >= 11 is 0. The lowest BCUT2D eigenvalue weighted by molar-refractivity contribution is 0.559. The SMILES string of the molecule is CCCC=C=CC(c1ccccc1)(c1cn(C)c2ccccc12)C1CC1. The number of nitrogens with zero attached hydrogens (tertiary/aromatic N) is 1. The molecule has 0 spiro atoms. The van der Waals surface area contributed by atoms with E-state index in [2.05, 4.69) is 97.2 Å². The Balaban J connectivity index is 2.00. The largest absolute Gasteiger partial charge is 0.350 e. The van der Waals surface area contributed by atoms with Gasteiger partial charge in [0.25, 0.3) is 0 Å². The molecule has 1 heterocycles. The second kappa shape index (κ2) is 7.02. The van der Waals surface area contributed by atoms with E-state index in [1.165, 1.54) is 34.9 Å². The van der Waals surface area contributed by atoms with Crippen LogP contribution in [-0.2, 0) is 12.5 Å². The van der Waals surface area contributed by atoms with Crippen molar-refractivity contribution in [3.8, 4) is 0 Å². The molecule has 0 N–H and O–H groups in total. The number of hydrogen-bond acceptors (Lipinski definition) is 0. The van der Waals surface area contributed by atoms with E-state index in [1.54, 1.807) is 0 Å². The van der Waals surface area contributed by atoms with E-state index < -0.39 is 0 Å². The minimum absolute atomic E-state index is 0.0909. The predicted octanol–water partition coefficient (Wildman–Crippen LogP) is 6.39. The van der Waals surface area contributed by atoms with Gasteiger partial charge in [-0.1, -0.05) is 61.9 Å². The molecule has 1 aliphatic carbocycles. The van der Waals surface area contributed by atoms with Crippen molar-refractivity contribution in [1.82, 2.24) is 4.57 Å². The lowest BCUT2D eigenvalue weighted by Crippen LogP contribution is -2.27. The number of benzene rings is 2. The highest BCUT2D eigenvalue weighted by molar-refractivity contribution is 5.86. The number of hydrogen-bond donors (Lipinski definition) is 0. The maximum absolute atomic E-state index is 3.56. The minimum atomic E-state index is -0.0909. The van der Waals surface area contributed by atoms with E-state index in [4.69, 9.17) is 0 Å². The van der Waals surface area contributed by atoms with E-state index in [-0.39, 0.29) is 5.41 Å². The van der Waals surface area contributed by atoms with Crippen LogP contribution in [-0.4, -0.2) is 4.57 Å². The lowest BCUT2D eigenvalue weighted by atomic mass is 9.70. The van der Waals surface area contributed by atoms with Crippen LogP contribution in [0, 0.1) is 5.92 Å². The first kappa shape index (κ1) is 16.9. The van der Waals surface area contributed by atoms with Crippen LogP contribution in [0.25, 0.3) is 10.9 Å². The van der Waals surface area contributed by atoms with Crippen molar-refractivity contribution in [2.24, 2.45) is 13.0 Å². The molecule has 1 aromatic heterocycles. The van der Waals surface area contributed by atoms with E-state index >= 15 is 0 Å². The van der Waals surface area contributed by atoms with Gasteiger partial charge in [-0.3, -0.25) is 0 Å². The Kier molecular flexibility index (Phi) is 4.57. The Bertz CT molecular complexity index is 952. The number of aryl methyl sites for hydroxylation is 1. The Morgan fingerprint density at radius 1 is 1.08 bits per heavy atom. The van der Waals surface area contributed by atoms with Gasteiger partial charge in [0.2, 0.25) is 0 Å². The van der Waals surface area contributed by atoms with Crippen LogP contribution in [0.15, 0.2) is 78.7 Å². The highest BCUT2D eigenvalue weighted by atomic mass is 14.9. The molecule has 1 nitrogen and oxygen atoms in total. The third-order valence-corrected chi connectivity index (χ3v) is 5.68. The number of aromatic nitrogens is 1. The first-order valence-electron chi connectivity index (χ1n) is 9.79. The van der Waals surface area contributed by atoms with E-state index in [9.17, 15) is 0 Å². The molecule has 26 heavy (non-hydrogen) atoms. The highest BCUT2D eigenvalue weighted by Gasteiger charge is 2.47. The van der Waals surface area contributed by atoms with Crippen molar-refractivity contribution in [3.63, 3.8) is 0 Å². The Morgan fingerprint density at radius 2 is 1.81 bits per heavy atom. The van der Waals surface area contributed by atoms with E-state index in [0.29, 0.717) is 5.92 Å². The molecule has 0 saturated heterocycles. The zero-order valence-corrected chi connectivity index (χ0v) is 15.8. The molecule has 132 valence electrons. The van der Waals surface area contributed by atoms with Gasteiger partial charge in [0.05, 0.1) is 5.41 Å². The van der Waals surface area contributed by atoms with Crippen molar-refractivity contribution >= 4 is 10.9 Å². The Labute approximate surface area is 156 Å². The normalized spacial score (nSPS) is 16.1. The van der Waals surface area contributed by atoms with Crippen LogP contribution in [0.5, 0.6) is 0 Å². The van der Waals surface area contributed by atoms with Gasteiger partial charge >= 0.3 is 0 Å². The Hall–Kier alpha value is -2.50. The van der Waals surface area contributed by atoms with E-state index in [1.807, 2.05) is 0 Å². The van der Waals surface area contributed by atoms with Crippen LogP contribution in [0.3, 0.4) is 0 Å². The summed E-state index contributed by atoms with van der Waals surface area (Å²) in [7, 11) is 2.16. The van der Waals surface area contributed by atoms with Crippen molar-refractivity contribution in [2.75, 3.05) is 0 Å². The third kappa shape index (κ3) is 2.83. The van der Waals surface area contributed by atoms with Crippen molar-refractivity contribution in [3.05, 3.63) is 89.8 Å². The van der Waals surface area contributed by atoms with Crippen LogP contribution in [0.1, 0.15) is 43.7 Å². The van der Waals surface area contributed by atoms with Crippen LogP contribution >= 0.6 is 0 Å². The summed E-state index contributed by atoms with van der Waals surface area (Å²) in [6, 6.07) is 19.8. The molecule has 1 unspecified atom stereocenters. The molecule has 0 amide bonds. The summed E-state index contributed by atoms with van der Waals surface area (Å²) in [4.78, 5) is 0. The molecule has 1 aliphatic rings. The van der Waals surface area contributed by atoms with Gasteiger partial charge < -0.3 is 4.57 Å². The van der Waals surface area contributed by atoms with Gasteiger partial charge in [0.15, 0.2) is 0 Å². The average molecular weight is 341 g/mol. The van der Waals surface area contributed by atoms with Gasteiger partial charge in [-0.2, -0.15) is 0 Å². The summed E-state index contributed by atoms with van der Waals surface area (Å²) in [5, 5.41) is 1.36. The third-order valence-electron chi connectivity index (χ3n) is 5.68. The molecule has 1 fully saturated rings. The average Bonchev–Trinajstić information content (AvgIpc) is 3.48. The molecular formula is C25H27N. The summed E-state index contributed by atoms with van der Waals surface area (Å²) in [6.45, 7) is 2.22. The summed E-state index contributed by atoms with van der Waals surface area (Å²) in [5.74, 6) is 0.651. The zero-order chi connectivity index (χ0) is 18.0. The number of unbranched alkanes of at least 4 members (excludes halogenated alkanes) is 1. The summed E-state index contributed by atoms with van der Waals surface area (Å²) in [5.41, 5.74) is 7.57. The molecule has 0 aliphatic heterocycles. The van der Waals surface area contributed by atoms with Crippen LogP contribution in [0.2, 0.25) is 0 Å². The monoisotopic (exact) mass is 341 g/mol. The quantitative estimate of drug-likeness (QED) is 0.458. The van der Waals surface area contributed by atoms with Gasteiger partial charge in [-0.25, -0.2) is 0 Å². The number of rotatable bonds is 6. The zero-order valence-electron chi connectivity index (χ0n) is 15.8. The molecule has 3 aromatic rings. The smallest absolute Gasteiger partial charge is 0.0504 e. The summed E-state index contributed by atoms with van der Waals surface area (Å²) in [6.07, 6.45) is 11.7. The van der Waals surface area contributed by atoms with Crippen molar-refractivity contribution < 1.29 is 0 Å². The van der Waals surface area contributed by atoms with Gasteiger partial charge in [0, 0.05) is 24.1 Å². The molecule has 2 aromatic carbocycles. The molecule has 1 heteroatoms. The van der Waals surface area contributed by atoms with Crippen molar-refractivity contribution in [1.29, 1.82) is 0 Å². The topological polar surface area (TPSA) is 4.93 Å². The molecule has 0 bridgehead atoms. The second-order valence-corrected chi connectivity index (χ2v) is 7.48. The molecule has 1 saturated carbocycles. The predicted molar refractivity (Wildman–Crippen MR) is 110 cm³/mol. The molecule has 1 atom stereocenters. The van der Waals surface area contributed by atoms with E-state index in [0.717, 1.165) is 12.8 Å².